The number of hydrogen-bond donors (Lipinski definition) is 0. The molecule has 0 radical (unpaired) electrons. The van der Waals surface area contributed by atoms with Gasteiger partial charge in [-0.2, -0.15) is 0 Å². The molecular formula is C15H22BrN. The van der Waals surface area contributed by atoms with E-state index in [-0.39, 0.29) is 5.54 Å². The normalized spacial score (nSPS) is 22.1. The second-order valence-electron chi connectivity index (χ2n) is 6.02. The Bertz CT molecular complexity index is 406. The molecule has 0 aliphatic carbocycles. The van der Waals surface area contributed by atoms with Crippen molar-refractivity contribution >= 4 is 15.9 Å². The lowest BCUT2D eigenvalue weighted by Crippen LogP contribution is -2.40. The highest BCUT2D eigenvalue weighted by molar-refractivity contribution is 9.10. The predicted molar refractivity (Wildman–Crippen MR) is 77.3 cm³/mol. The number of nitrogens with zero attached hydrogens (tertiary/aromatic N) is 1. The average molecular weight is 296 g/mol. The first-order chi connectivity index (χ1) is 7.89. The molecule has 0 amide bonds. The molecule has 0 bridgehead atoms. The van der Waals surface area contributed by atoms with Crippen LogP contribution in [0.3, 0.4) is 0 Å². The van der Waals surface area contributed by atoms with Crippen molar-refractivity contribution in [3.63, 3.8) is 0 Å². The van der Waals surface area contributed by atoms with Crippen LogP contribution in [0.2, 0.25) is 0 Å². The molecule has 1 aliphatic heterocycles. The summed E-state index contributed by atoms with van der Waals surface area (Å²) < 4.78 is 1.18. The third-order valence-electron chi connectivity index (χ3n) is 3.71. The lowest BCUT2D eigenvalue weighted by Gasteiger charge is -2.37. The van der Waals surface area contributed by atoms with Crippen LogP contribution in [0.15, 0.2) is 22.7 Å². The molecule has 2 rings (SSSR count). The second kappa shape index (κ2) is 4.74. The Kier molecular flexibility index (Phi) is 3.65. The Balaban J connectivity index is 2.33. The van der Waals surface area contributed by atoms with Gasteiger partial charge in [0.2, 0.25) is 0 Å². The van der Waals surface area contributed by atoms with Gasteiger partial charge in [0.05, 0.1) is 0 Å². The van der Waals surface area contributed by atoms with E-state index in [0.717, 1.165) is 0 Å². The maximum absolute atomic E-state index is 3.55. The minimum Gasteiger partial charge on any atom is -0.291 e. The standard InChI is InChI=1S/C15H22BrN/c1-11-10-12(16)7-8-13(11)14-6-5-9-17(14)15(2,3)4/h7-8,10,14H,5-6,9H2,1-4H3. The topological polar surface area (TPSA) is 3.24 Å². The third-order valence-corrected chi connectivity index (χ3v) is 4.20. The van der Waals surface area contributed by atoms with E-state index in [9.17, 15) is 0 Å². The maximum Gasteiger partial charge on any atom is 0.0356 e. The summed E-state index contributed by atoms with van der Waals surface area (Å²) in [5.41, 5.74) is 3.17. The van der Waals surface area contributed by atoms with Crippen LogP contribution >= 0.6 is 15.9 Å². The third kappa shape index (κ3) is 2.74. The van der Waals surface area contributed by atoms with Crippen LogP contribution in [0, 0.1) is 6.92 Å². The molecule has 17 heavy (non-hydrogen) atoms. The Hall–Kier alpha value is -0.340. The maximum atomic E-state index is 3.55. The molecule has 1 aromatic rings. The van der Waals surface area contributed by atoms with Crippen molar-refractivity contribution in [3.8, 4) is 0 Å². The number of hydrogen-bond acceptors (Lipinski definition) is 1. The summed E-state index contributed by atoms with van der Waals surface area (Å²) in [5.74, 6) is 0. The molecule has 0 aromatic heterocycles. The summed E-state index contributed by atoms with van der Waals surface area (Å²) in [6.45, 7) is 10.4. The van der Waals surface area contributed by atoms with Crippen molar-refractivity contribution in [3.05, 3.63) is 33.8 Å². The van der Waals surface area contributed by atoms with Crippen LogP contribution in [0.1, 0.15) is 50.8 Å². The van der Waals surface area contributed by atoms with E-state index >= 15 is 0 Å². The van der Waals surface area contributed by atoms with Gasteiger partial charge in [-0.25, -0.2) is 0 Å². The molecule has 1 unspecified atom stereocenters. The molecule has 1 aliphatic rings. The molecule has 0 spiro atoms. The van der Waals surface area contributed by atoms with Gasteiger partial charge < -0.3 is 0 Å². The molecule has 2 heteroatoms. The SMILES string of the molecule is Cc1cc(Br)ccc1C1CCCN1C(C)(C)C. The summed E-state index contributed by atoms with van der Waals surface area (Å²) in [6.07, 6.45) is 2.61. The van der Waals surface area contributed by atoms with E-state index in [1.807, 2.05) is 0 Å². The molecule has 1 aromatic carbocycles. The molecule has 1 heterocycles. The van der Waals surface area contributed by atoms with Crippen molar-refractivity contribution in [2.75, 3.05) is 6.54 Å². The molecule has 1 fully saturated rings. The van der Waals surface area contributed by atoms with Gasteiger partial charge in [0.1, 0.15) is 0 Å². The van der Waals surface area contributed by atoms with Crippen LogP contribution in [-0.2, 0) is 0 Å². The van der Waals surface area contributed by atoms with E-state index < -0.39 is 0 Å². The van der Waals surface area contributed by atoms with Crippen molar-refractivity contribution in [1.82, 2.24) is 4.90 Å². The predicted octanol–water partition coefficient (Wildman–Crippen LogP) is 4.69. The molecule has 0 N–H and O–H groups in total. The summed E-state index contributed by atoms with van der Waals surface area (Å²) in [7, 11) is 0. The highest BCUT2D eigenvalue weighted by Crippen LogP contribution is 2.38. The first-order valence-electron chi connectivity index (χ1n) is 6.42. The first kappa shape index (κ1) is 13.1. The van der Waals surface area contributed by atoms with Crippen LogP contribution in [0.5, 0.6) is 0 Å². The fourth-order valence-electron chi connectivity index (χ4n) is 2.91. The minimum absolute atomic E-state index is 0.265. The Labute approximate surface area is 113 Å². The van der Waals surface area contributed by atoms with Crippen LogP contribution in [-0.4, -0.2) is 17.0 Å². The second-order valence-corrected chi connectivity index (χ2v) is 6.94. The highest BCUT2D eigenvalue weighted by atomic mass is 79.9. The number of rotatable bonds is 1. The molecule has 0 saturated carbocycles. The van der Waals surface area contributed by atoms with Gasteiger partial charge in [-0.15, -0.1) is 0 Å². The van der Waals surface area contributed by atoms with Gasteiger partial charge in [0, 0.05) is 16.1 Å². The molecule has 1 atom stereocenters. The fourth-order valence-corrected chi connectivity index (χ4v) is 3.38. The lowest BCUT2D eigenvalue weighted by molar-refractivity contribution is 0.121. The lowest BCUT2D eigenvalue weighted by atomic mass is 9.96. The molecule has 94 valence electrons. The summed E-state index contributed by atoms with van der Waals surface area (Å²) in [5, 5.41) is 0. The largest absolute Gasteiger partial charge is 0.291 e. The molecule has 1 saturated heterocycles. The van der Waals surface area contributed by atoms with E-state index in [2.05, 4.69) is 66.7 Å². The van der Waals surface area contributed by atoms with Gasteiger partial charge in [-0.05, 0) is 70.3 Å². The zero-order chi connectivity index (χ0) is 12.6. The minimum atomic E-state index is 0.265. The number of likely N-dealkylation sites (tertiary alicyclic amines) is 1. The van der Waals surface area contributed by atoms with Crippen LogP contribution < -0.4 is 0 Å². The quantitative estimate of drug-likeness (QED) is 0.726. The Morgan fingerprint density at radius 3 is 2.59 bits per heavy atom. The summed E-state index contributed by atoms with van der Waals surface area (Å²) in [6, 6.07) is 7.28. The van der Waals surface area contributed by atoms with Gasteiger partial charge in [-0.3, -0.25) is 4.90 Å². The Morgan fingerprint density at radius 1 is 1.29 bits per heavy atom. The van der Waals surface area contributed by atoms with Gasteiger partial charge >= 0.3 is 0 Å². The highest BCUT2D eigenvalue weighted by Gasteiger charge is 2.34. The van der Waals surface area contributed by atoms with Gasteiger partial charge in [0.25, 0.3) is 0 Å². The van der Waals surface area contributed by atoms with Crippen molar-refractivity contribution in [2.45, 2.75) is 52.1 Å². The van der Waals surface area contributed by atoms with Gasteiger partial charge in [-0.1, -0.05) is 22.0 Å². The summed E-state index contributed by atoms with van der Waals surface area (Å²) >= 11 is 3.55. The fraction of sp³-hybridized carbons (Fsp3) is 0.600. The molecular weight excluding hydrogens is 274 g/mol. The van der Waals surface area contributed by atoms with E-state index in [1.165, 1.54) is 35.0 Å². The molecule has 1 nitrogen and oxygen atoms in total. The number of aryl methyl sites for hydroxylation is 1. The first-order valence-corrected chi connectivity index (χ1v) is 7.21. The van der Waals surface area contributed by atoms with Crippen LogP contribution in [0.25, 0.3) is 0 Å². The smallest absolute Gasteiger partial charge is 0.0356 e. The van der Waals surface area contributed by atoms with Crippen molar-refractivity contribution in [2.24, 2.45) is 0 Å². The monoisotopic (exact) mass is 295 g/mol. The van der Waals surface area contributed by atoms with Crippen molar-refractivity contribution in [1.29, 1.82) is 0 Å². The van der Waals surface area contributed by atoms with E-state index in [0.29, 0.717) is 6.04 Å². The van der Waals surface area contributed by atoms with Gasteiger partial charge in [0.15, 0.2) is 0 Å². The average Bonchev–Trinajstić information content (AvgIpc) is 2.65. The Morgan fingerprint density at radius 2 is 2.00 bits per heavy atom. The number of halogens is 1. The number of benzene rings is 1. The van der Waals surface area contributed by atoms with Crippen molar-refractivity contribution < 1.29 is 0 Å². The summed E-state index contributed by atoms with van der Waals surface area (Å²) in [4.78, 5) is 2.64. The zero-order valence-corrected chi connectivity index (χ0v) is 12.8. The zero-order valence-electron chi connectivity index (χ0n) is 11.3. The van der Waals surface area contributed by atoms with Crippen LogP contribution in [0.4, 0.5) is 0 Å². The van der Waals surface area contributed by atoms with E-state index in [4.69, 9.17) is 0 Å². The van der Waals surface area contributed by atoms with E-state index in [1.54, 1.807) is 0 Å².